The number of carbonyl (C=O) groups is 2. The second-order valence-corrected chi connectivity index (χ2v) is 9.86. The highest BCUT2D eigenvalue weighted by atomic mass is 19.1. The van der Waals surface area contributed by atoms with E-state index in [-0.39, 0.29) is 36.0 Å². The number of halogens is 1. The minimum absolute atomic E-state index is 0.0322. The number of likely N-dealkylation sites (tertiary alicyclic amines) is 1. The lowest BCUT2D eigenvalue weighted by Gasteiger charge is -2.26. The minimum atomic E-state index is -0.865. The molecule has 1 saturated heterocycles. The van der Waals surface area contributed by atoms with E-state index in [1.165, 1.54) is 29.2 Å². The first kappa shape index (κ1) is 26.4. The molecule has 1 aliphatic rings. The van der Waals surface area contributed by atoms with E-state index in [1.807, 2.05) is 41.5 Å². The number of nitrogens with zero attached hydrogens (tertiary/aromatic N) is 1. The number of aliphatic hydroxyl groups excluding tert-OH is 1. The Morgan fingerprint density at radius 1 is 1.11 bits per heavy atom. The minimum Gasteiger partial charge on any atom is -0.507 e. The van der Waals surface area contributed by atoms with Gasteiger partial charge in [0.2, 0.25) is 0 Å². The fourth-order valence-corrected chi connectivity index (χ4v) is 4.19. The van der Waals surface area contributed by atoms with Crippen LogP contribution in [0.2, 0.25) is 0 Å². The molecule has 1 aliphatic heterocycles. The van der Waals surface area contributed by atoms with Crippen LogP contribution >= 0.6 is 0 Å². The molecule has 0 spiro atoms. The molecule has 0 aromatic heterocycles. The van der Waals surface area contributed by atoms with E-state index in [9.17, 15) is 19.1 Å². The number of ether oxygens (including phenoxy) is 2. The van der Waals surface area contributed by atoms with Gasteiger partial charge in [0.25, 0.3) is 11.7 Å². The number of rotatable bonds is 8. The maximum atomic E-state index is 13.7. The number of Topliss-reactive ketones (excluding diaryl/α,β-unsaturated/α-hetero) is 1. The second-order valence-electron chi connectivity index (χ2n) is 9.86. The third kappa shape index (κ3) is 5.73. The van der Waals surface area contributed by atoms with Gasteiger partial charge < -0.3 is 19.5 Å². The fourth-order valence-electron chi connectivity index (χ4n) is 4.19. The first-order chi connectivity index (χ1) is 16.5. The summed E-state index contributed by atoms with van der Waals surface area (Å²) in [7, 11) is 0. The molecular weight excluding hydrogens is 449 g/mol. The van der Waals surface area contributed by atoms with Crippen LogP contribution in [0.15, 0.2) is 48.0 Å². The molecule has 35 heavy (non-hydrogen) atoms. The molecule has 0 radical (unpaired) electrons. The van der Waals surface area contributed by atoms with Gasteiger partial charge in [-0.15, -0.1) is 0 Å². The molecule has 188 valence electrons. The molecule has 0 aliphatic carbocycles. The second kappa shape index (κ2) is 10.6. The molecule has 1 fully saturated rings. The van der Waals surface area contributed by atoms with E-state index in [0.29, 0.717) is 23.5 Å². The SMILES string of the molecule is CCOc1ccc(/C(O)=C2/C(=O)C(=O)N(CCOC(C)C)C2c2ccc(F)cc2)cc1C(C)(C)C. The van der Waals surface area contributed by atoms with Crippen LogP contribution in [-0.4, -0.2) is 47.6 Å². The number of aliphatic hydroxyl groups is 1. The summed E-state index contributed by atoms with van der Waals surface area (Å²) in [6.07, 6.45) is -0.0456. The molecule has 1 heterocycles. The van der Waals surface area contributed by atoms with Crippen molar-refractivity contribution in [3.05, 3.63) is 70.5 Å². The van der Waals surface area contributed by atoms with Crippen molar-refractivity contribution in [2.75, 3.05) is 19.8 Å². The standard InChI is InChI=1S/C28H34FNO5/c1-7-34-22-13-10-19(16-21(22)28(4,5)6)25(31)23-24(18-8-11-20(29)12-9-18)30(27(33)26(23)32)14-15-35-17(2)3/h8-13,16-17,24,31H,7,14-15H2,1-6H3/b25-23-. The smallest absolute Gasteiger partial charge is 0.295 e. The van der Waals surface area contributed by atoms with Crippen LogP contribution in [0.3, 0.4) is 0 Å². The largest absolute Gasteiger partial charge is 0.507 e. The quantitative estimate of drug-likeness (QED) is 0.310. The molecule has 2 aromatic carbocycles. The predicted octanol–water partition coefficient (Wildman–Crippen LogP) is 5.37. The maximum absolute atomic E-state index is 13.7. The zero-order valence-corrected chi connectivity index (χ0v) is 21.2. The van der Waals surface area contributed by atoms with E-state index >= 15 is 0 Å². The molecule has 7 heteroatoms. The summed E-state index contributed by atoms with van der Waals surface area (Å²) in [5.41, 5.74) is 1.47. The van der Waals surface area contributed by atoms with Gasteiger partial charge in [-0.2, -0.15) is 0 Å². The summed E-state index contributed by atoms with van der Waals surface area (Å²) in [4.78, 5) is 27.6. The zero-order valence-electron chi connectivity index (χ0n) is 21.2. The van der Waals surface area contributed by atoms with E-state index in [2.05, 4.69) is 0 Å². The number of hydrogen-bond acceptors (Lipinski definition) is 5. The van der Waals surface area contributed by atoms with Crippen LogP contribution in [0.25, 0.3) is 5.76 Å². The van der Waals surface area contributed by atoms with Crippen molar-refractivity contribution in [1.29, 1.82) is 0 Å². The summed E-state index contributed by atoms with van der Waals surface area (Å²) in [6.45, 7) is 12.6. The fraction of sp³-hybridized carbons (Fsp3) is 0.429. The average Bonchev–Trinajstić information content (AvgIpc) is 3.03. The maximum Gasteiger partial charge on any atom is 0.295 e. The van der Waals surface area contributed by atoms with Gasteiger partial charge in [0.15, 0.2) is 0 Å². The predicted molar refractivity (Wildman–Crippen MR) is 133 cm³/mol. The van der Waals surface area contributed by atoms with Crippen molar-refractivity contribution in [3.8, 4) is 5.75 Å². The van der Waals surface area contributed by atoms with Gasteiger partial charge in [0.1, 0.15) is 17.3 Å². The Balaban J connectivity index is 2.15. The summed E-state index contributed by atoms with van der Waals surface area (Å²) < 4.78 is 25.0. The highest BCUT2D eigenvalue weighted by molar-refractivity contribution is 6.46. The Kier molecular flexibility index (Phi) is 8.00. The Morgan fingerprint density at radius 3 is 2.34 bits per heavy atom. The number of amides is 1. The number of ketones is 1. The first-order valence-electron chi connectivity index (χ1n) is 11.9. The summed E-state index contributed by atoms with van der Waals surface area (Å²) in [5.74, 6) is -1.53. The van der Waals surface area contributed by atoms with Crippen molar-refractivity contribution >= 4 is 17.4 Å². The molecule has 1 unspecified atom stereocenters. The van der Waals surface area contributed by atoms with Gasteiger partial charge in [-0.1, -0.05) is 32.9 Å². The normalized spacial score (nSPS) is 17.9. The number of benzene rings is 2. The molecule has 6 nitrogen and oxygen atoms in total. The topological polar surface area (TPSA) is 76.1 Å². The number of hydrogen-bond donors (Lipinski definition) is 1. The van der Waals surface area contributed by atoms with Crippen LogP contribution in [0.4, 0.5) is 4.39 Å². The molecule has 0 bridgehead atoms. The van der Waals surface area contributed by atoms with E-state index in [1.54, 1.807) is 18.2 Å². The third-order valence-electron chi connectivity index (χ3n) is 5.87. The van der Waals surface area contributed by atoms with Crippen molar-refractivity contribution in [1.82, 2.24) is 4.90 Å². The third-order valence-corrected chi connectivity index (χ3v) is 5.87. The lowest BCUT2D eigenvalue weighted by molar-refractivity contribution is -0.140. The lowest BCUT2D eigenvalue weighted by Crippen LogP contribution is -2.33. The van der Waals surface area contributed by atoms with Crippen molar-refractivity contribution < 1.29 is 28.6 Å². The van der Waals surface area contributed by atoms with Gasteiger partial charge in [0, 0.05) is 17.7 Å². The number of carbonyl (C=O) groups excluding carboxylic acids is 2. The average molecular weight is 484 g/mol. The van der Waals surface area contributed by atoms with E-state index in [0.717, 1.165) is 5.56 Å². The van der Waals surface area contributed by atoms with Crippen molar-refractivity contribution in [3.63, 3.8) is 0 Å². The van der Waals surface area contributed by atoms with Gasteiger partial charge in [-0.3, -0.25) is 9.59 Å². The molecule has 1 amide bonds. The molecule has 1 atom stereocenters. The molecule has 0 saturated carbocycles. The monoisotopic (exact) mass is 483 g/mol. The Morgan fingerprint density at radius 2 is 1.77 bits per heavy atom. The highest BCUT2D eigenvalue weighted by Gasteiger charge is 2.46. The van der Waals surface area contributed by atoms with Gasteiger partial charge in [0.05, 0.1) is 30.9 Å². The molecule has 1 N–H and O–H groups in total. The molecule has 3 rings (SSSR count). The summed E-state index contributed by atoms with van der Waals surface area (Å²) in [6, 6.07) is 9.95. The Labute approximate surface area is 206 Å². The summed E-state index contributed by atoms with van der Waals surface area (Å²) >= 11 is 0. The Hall–Kier alpha value is -3.19. The lowest BCUT2D eigenvalue weighted by atomic mass is 9.84. The summed E-state index contributed by atoms with van der Waals surface area (Å²) in [5, 5.41) is 11.4. The van der Waals surface area contributed by atoms with Crippen molar-refractivity contribution in [2.24, 2.45) is 0 Å². The van der Waals surface area contributed by atoms with Gasteiger partial charge in [-0.25, -0.2) is 4.39 Å². The van der Waals surface area contributed by atoms with Crippen LogP contribution < -0.4 is 4.74 Å². The van der Waals surface area contributed by atoms with Crippen LogP contribution in [-0.2, 0) is 19.7 Å². The highest BCUT2D eigenvalue weighted by Crippen LogP contribution is 2.41. The van der Waals surface area contributed by atoms with Crippen LogP contribution in [0.5, 0.6) is 5.75 Å². The van der Waals surface area contributed by atoms with Gasteiger partial charge in [-0.05, 0) is 62.1 Å². The zero-order chi connectivity index (χ0) is 25.9. The van der Waals surface area contributed by atoms with Crippen molar-refractivity contribution in [2.45, 2.75) is 59.1 Å². The molecule has 2 aromatic rings. The van der Waals surface area contributed by atoms with E-state index < -0.39 is 23.5 Å². The van der Waals surface area contributed by atoms with Gasteiger partial charge >= 0.3 is 0 Å². The van der Waals surface area contributed by atoms with Crippen LogP contribution in [0, 0.1) is 5.82 Å². The Bertz CT molecular complexity index is 1120. The first-order valence-corrected chi connectivity index (χ1v) is 11.9. The van der Waals surface area contributed by atoms with Crippen LogP contribution in [0.1, 0.15) is 64.3 Å². The van der Waals surface area contributed by atoms with E-state index in [4.69, 9.17) is 9.47 Å². The molecular formula is C28H34FNO5.